The van der Waals surface area contributed by atoms with E-state index in [1.54, 1.807) is 0 Å². The van der Waals surface area contributed by atoms with Gasteiger partial charge in [-0.2, -0.15) is 0 Å². The molecule has 0 aliphatic carbocycles. The Morgan fingerprint density at radius 2 is 1.81 bits per heavy atom. The molecule has 6 heteroatoms. The van der Waals surface area contributed by atoms with Crippen LogP contribution in [-0.2, 0) is 23.4 Å². The fourth-order valence-corrected chi connectivity index (χ4v) is 3.41. The Morgan fingerprint density at radius 3 is 2.52 bits per heavy atom. The van der Waals surface area contributed by atoms with Crippen molar-refractivity contribution >= 4 is 23.4 Å². The Labute approximate surface area is 162 Å². The van der Waals surface area contributed by atoms with Crippen LogP contribution in [0.4, 0.5) is 5.69 Å². The van der Waals surface area contributed by atoms with Crippen LogP contribution in [0, 0.1) is 0 Å². The number of aromatic amines is 1. The number of benzene rings is 2. The molecule has 1 aromatic heterocycles. The second-order valence-electron chi connectivity index (χ2n) is 6.09. The van der Waals surface area contributed by atoms with Gasteiger partial charge in [0.1, 0.15) is 0 Å². The number of nitrogens with zero attached hydrogens (tertiary/aromatic N) is 1. The van der Waals surface area contributed by atoms with Crippen molar-refractivity contribution in [2.24, 2.45) is 0 Å². The van der Waals surface area contributed by atoms with E-state index < -0.39 is 0 Å². The summed E-state index contributed by atoms with van der Waals surface area (Å²) in [4.78, 5) is 31.3. The van der Waals surface area contributed by atoms with Gasteiger partial charge in [0.15, 0.2) is 5.16 Å². The molecule has 138 valence electrons. The molecular formula is C21H21N3O2S. The molecule has 3 rings (SSSR count). The summed E-state index contributed by atoms with van der Waals surface area (Å²) in [5.74, 6) is 0.500. The quantitative estimate of drug-likeness (QED) is 0.484. The second-order valence-corrected chi connectivity index (χ2v) is 7.06. The van der Waals surface area contributed by atoms with E-state index in [2.05, 4.69) is 22.2 Å². The van der Waals surface area contributed by atoms with Crippen LogP contribution in [-0.4, -0.2) is 15.9 Å². The van der Waals surface area contributed by atoms with Crippen LogP contribution in [0.3, 0.4) is 0 Å². The lowest BCUT2D eigenvalue weighted by Crippen LogP contribution is -2.18. The molecule has 0 saturated carbocycles. The summed E-state index contributed by atoms with van der Waals surface area (Å²) in [7, 11) is 0. The molecule has 5 nitrogen and oxygen atoms in total. The van der Waals surface area contributed by atoms with Crippen molar-refractivity contribution in [2.45, 2.75) is 30.7 Å². The monoisotopic (exact) mass is 379 g/mol. The smallest absolute Gasteiger partial charge is 0.251 e. The Morgan fingerprint density at radius 1 is 1.07 bits per heavy atom. The van der Waals surface area contributed by atoms with Crippen molar-refractivity contribution in [3.63, 3.8) is 0 Å². The van der Waals surface area contributed by atoms with Gasteiger partial charge in [0.05, 0.1) is 12.1 Å². The number of H-pyrrole nitrogens is 1. The number of aryl methyl sites for hydroxylation is 1. The first kappa shape index (κ1) is 18.9. The van der Waals surface area contributed by atoms with Crippen molar-refractivity contribution in [2.75, 3.05) is 5.32 Å². The maximum absolute atomic E-state index is 12.3. The van der Waals surface area contributed by atoms with Crippen LogP contribution in [0.2, 0.25) is 0 Å². The van der Waals surface area contributed by atoms with E-state index in [0.717, 1.165) is 17.7 Å². The highest BCUT2D eigenvalue weighted by atomic mass is 32.2. The largest absolute Gasteiger partial charge is 0.326 e. The van der Waals surface area contributed by atoms with Crippen LogP contribution in [0.25, 0.3) is 0 Å². The van der Waals surface area contributed by atoms with E-state index in [1.165, 1.54) is 23.4 Å². The first-order valence-electron chi connectivity index (χ1n) is 8.78. The molecule has 1 amide bonds. The zero-order valence-corrected chi connectivity index (χ0v) is 15.9. The number of hydrogen-bond donors (Lipinski definition) is 2. The SMILES string of the molecule is CCc1ccc(NC(=O)Cc2cc(=O)[nH]c(SCc3ccccc3)n2)cc1. The average molecular weight is 379 g/mol. The fourth-order valence-electron chi connectivity index (χ4n) is 2.56. The number of nitrogens with one attached hydrogen (secondary N) is 2. The fraction of sp³-hybridized carbons (Fsp3) is 0.190. The summed E-state index contributed by atoms with van der Waals surface area (Å²) in [6.45, 7) is 2.08. The molecule has 0 aliphatic rings. The minimum absolute atomic E-state index is 0.0539. The van der Waals surface area contributed by atoms with Gasteiger partial charge in [-0.1, -0.05) is 61.2 Å². The van der Waals surface area contributed by atoms with Gasteiger partial charge in [-0.05, 0) is 29.7 Å². The lowest BCUT2D eigenvalue weighted by atomic mass is 10.1. The van der Waals surface area contributed by atoms with Crippen LogP contribution in [0.1, 0.15) is 23.7 Å². The van der Waals surface area contributed by atoms with E-state index in [4.69, 9.17) is 0 Å². The van der Waals surface area contributed by atoms with Gasteiger partial charge in [0, 0.05) is 17.5 Å². The molecule has 0 radical (unpaired) electrons. The van der Waals surface area contributed by atoms with E-state index in [-0.39, 0.29) is 17.9 Å². The van der Waals surface area contributed by atoms with E-state index in [1.807, 2.05) is 54.6 Å². The van der Waals surface area contributed by atoms with E-state index in [0.29, 0.717) is 16.6 Å². The predicted octanol–water partition coefficient (Wildman–Crippen LogP) is 3.81. The van der Waals surface area contributed by atoms with Gasteiger partial charge in [-0.3, -0.25) is 9.59 Å². The Hall–Kier alpha value is -2.86. The molecule has 2 aromatic carbocycles. The van der Waals surface area contributed by atoms with Gasteiger partial charge >= 0.3 is 0 Å². The number of hydrogen-bond acceptors (Lipinski definition) is 4. The van der Waals surface area contributed by atoms with Crippen molar-refractivity contribution in [3.8, 4) is 0 Å². The topological polar surface area (TPSA) is 74.8 Å². The Bertz CT molecular complexity index is 953. The molecule has 0 unspecified atom stereocenters. The third kappa shape index (κ3) is 5.82. The molecule has 0 atom stereocenters. The van der Waals surface area contributed by atoms with Crippen molar-refractivity contribution < 1.29 is 4.79 Å². The number of amides is 1. The summed E-state index contributed by atoms with van der Waals surface area (Å²) >= 11 is 1.44. The second kappa shape index (κ2) is 9.19. The standard InChI is InChI=1S/C21H21N3O2S/c1-2-15-8-10-17(11-9-15)22-19(25)12-18-13-20(26)24-21(23-18)27-14-16-6-4-3-5-7-16/h3-11,13H,2,12,14H2,1H3,(H,22,25)(H,23,24,26). The normalized spacial score (nSPS) is 10.6. The highest BCUT2D eigenvalue weighted by molar-refractivity contribution is 7.98. The summed E-state index contributed by atoms with van der Waals surface area (Å²) in [5, 5.41) is 3.36. The number of carbonyl (C=O) groups is 1. The summed E-state index contributed by atoms with van der Waals surface area (Å²) in [5.41, 5.74) is 3.29. The Kier molecular flexibility index (Phi) is 6.44. The lowest BCUT2D eigenvalue weighted by Gasteiger charge is -2.07. The number of rotatable bonds is 7. The van der Waals surface area contributed by atoms with Crippen LogP contribution < -0.4 is 10.9 Å². The highest BCUT2D eigenvalue weighted by Crippen LogP contribution is 2.18. The van der Waals surface area contributed by atoms with Crippen molar-refractivity contribution in [1.82, 2.24) is 9.97 Å². The summed E-state index contributed by atoms with van der Waals surface area (Å²) < 4.78 is 0. The van der Waals surface area contributed by atoms with Crippen LogP contribution in [0.5, 0.6) is 0 Å². The van der Waals surface area contributed by atoms with Crippen molar-refractivity contribution in [1.29, 1.82) is 0 Å². The molecule has 0 bridgehead atoms. The summed E-state index contributed by atoms with van der Waals surface area (Å²) in [6.07, 6.45) is 1.01. The van der Waals surface area contributed by atoms with Gasteiger partial charge in [-0.15, -0.1) is 0 Å². The number of thioether (sulfide) groups is 1. The molecule has 0 aliphatic heterocycles. The zero-order chi connectivity index (χ0) is 19.1. The molecule has 0 fully saturated rings. The van der Waals surface area contributed by atoms with Gasteiger partial charge in [-0.25, -0.2) is 4.98 Å². The van der Waals surface area contributed by atoms with Crippen molar-refractivity contribution in [3.05, 3.63) is 87.8 Å². The molecular weight excluding hydrogens is 358 g/mol. The number of carbonyl (C=O) groups excluding carboxylic acids is 1. The van der Waals surface area contributed by atoms with E-state index >= 15 is 0 Å². The van der Waals surface area contributed by atoms with Crippen LogP contribution in [0.15, 0.2) is 70.6 Å². The van der Waals surface area contributed by atoms with Gasteiger partial charge in [0.25, 0.3) is 5.56 Å². The molecule has 27 heavy (non-hydrogen) atoms. The minimum atomic E-state index is -0.254. The maximum Gasteiger partial charge on any atom is 0.251 e. The average Bonchev–Trinajstić information content (AvgIpc) is 2.67. The summed E-state index contributed by atoms with van der Waals surface area (Å²) in [6, 6.07) is 19.0. The predicted molar refractivity (Wildman–Crippen MR) is 109 cm³/mol. The van der Waals surface area contributed by atoms with Gasteiger partial charge in [0.2, 0.25) is 5.91 Å². The third-order valence-corrected chi connectivity index (χ3v) is 4.92. The third-order valence-electron chi connectivity index (χ3n) is 3.98. The number of anilines is 1. The lowest BCUT2D eigenvalue weighted by molar-refractivity contribution is -0.115. The first-order valence-corrected chi connectivity index (χ1v) is 9.76. The van der Waals surface area contributed by atoms with E-state index in [9.17, 15) is 9.59 Å². The maximum atomic E-state index is 12.3. The Balaban J connectivity index is 1.62. The van der Waals surface area contributed by atoms with Crippen LogP contribution >= 0.6 is 11.8 Å². The molecule has 0 spiro atoms. The molecule has 2 N–H and O–H groups in total. The zero-order valence-electron chi connectivity index (χ0n) is 15.1. The van der Waals surface area contributed by atoms with Gasteiger partial charge < -0.3 is 10.3 Å². The number of aromatic nitrogens is 2. The highest BCUT2D eigenvalue weighted by Gasteiger charge is 2.09. The minimum Gasteiger partial charge on any atom is -0.326 e. The molecule has 0 saturated heterocycles. The first-order chi connectivity index (χ1) is 13.1. The molecule has 1 heterocycles. The molecule has 3 aromatic rings.